The highest BCUT2D eigenvalue weighted by Crippen LogP contribution is 2.30. The number of hydrogen-bond acceptors (Lipinski definition) is 6. The molecule has 0 spiro atoms. The number of hydrogen-bond donors (Lipinski definition) is 2. The summed E-state index contributed by atoms with van der Waals surface area (Å²) in [5, 5.41) is 22.3. The lowest BCUT2D eigenvalue weighted by Crippen LogP contribution is -2.35. The Balaban J connectivity index is 2.20. The smallest absolute Gasteiger partial charge is 0.323 e. The fraction of sp³-hybridized carbons (Fsp3) is 0.308. The van der Waals surface area contributed by atoms with E-state index in [1.165, 1.54) is 16.2 Å². The van der Waals surface area contributed by atoms with Crippen LogP contribution in [0.25, 0.3) is 10.6 Å². The second-order valence-corrected chi connectivity index (χ2v) is 6.29. The van der Waals surface area contributed by atoms with Crippen molar-refractivity contribution in [2.45, 2.75) is 6.92 Å². The molecule has 2 N–H and O–H groups in total. The van der Waals surface area contributed by atoms with Crippen LogP contribution in [-0.2, 0) is 9.59 Å². The molecule has 6 nitrogen and oxygen atoms in total. The molecule has 2 aromatic heterocycles. The van der Waals surface area contributed by atoms with Crippen LogP contribution in [0.15, 0.2) is 22.9 Å². The molecule has 1 atom stereocenters. The maximum atomic E-state index is 11.0. The molecule has 8 heteroatoms. The van der Waals surface area contributed by atoms with Gasteiger partial charge < -0.3 is 15.1 Å². The van der Waals surface area contributed by atoms with Gasteiger partial charge in [0, 0.05) is 11.9 Å². The van der Waals surface area contributed by atoms with Gasteiger partial charge >= 0.3 is 11.9 Å². The number of anilines is 1. The lowest BCUT2D eigenvalue weighted by molar-refractivity contribution is -0.141. The lowest BCUT2D eigenvalue weighted by Gasteiger charge is -2.21. The highest BCUT2D eigenvalue weighted by atomic mass is 32.1. The minimum absolute atomic E-state index is 0.110. The first-order valence-corrected chi connectivity index (χ1v) is 7.92. The van der Waals surface area contributed by atoms with E-state index in [1.54, 1.807) is 18.3 Å². The number of carboxylic acid groups (broad SMARTS) is 2. The molecule has 0 fully saturated rings. The van der Waals surface area contributed by atoms with Crippen molar-refractivity contribution in [3.05, 3.63) is 22.9 Å². The monoisotopic (exact) mass is 326 g/mol. The molecule has 2 heterocycles. The Morgan fingerprint density at radius 2 is 2.14 bits per heavy atom. The summed E-state index contributed by atoms with van der Waals surface area (Å²) in [6.07, 6.45) is 0. The Labute approximate surface area is 129 Å². The summed E-state index contributed by atoms with van der Waals surface area (Å²) in [4.78, 5) is 28.8. The van der Waals surface area contributed by atoms with Crippen LogP contribution in [0.4, 0.5) is 5.13 Å². The van der Waals surface area contributed by atoms with Crippen molar-refractivity contribution in [2.75, 3.05) is 18.0 Å². The van der Waals surface area contributed by atoms with Gasteiger partial charge in [0.05, 0.1) is 16.5 Å². The van der Waals surface area contributed by atoms with Gasteiger partial charge in [-0.05, 0) is 11.4 Å². The summed E-state index contributed by atoms with van der Waals surface area (Å²) in [7, 11) is 0. The predicted octanol–water partition coefficient (Wildman–Crippen LogP) is 2.48. The molecular formula is C13H14N2O4S2. The molecule has 2 aromatic rings. The van der Waals surface area contributed by atoms with Crippen LogP contribution in [0.3, 0.4) is 0 Å². The van der Waals surface area contributed by atoms with Crippen LogP contribution in [0.1, 0.15) is 6.92 Å². The summed E-state index contributed by atoms with van der Waals surface area (Å²) in [5.74, 6) is -2.64. The van der Waals surface area contributed by atoms with Gasteiger partial charge in [-0.1, -0.05) is 13.0 Å². The van der Waals surface area contributed by atoms with Crippen LogP contribution >= 0.6 is 22.7 Å². The number of aromatic nitrogens is 1. The SMILES string of the molecule is CC(CN(CC(=O)O)c1nc(-c2cccs2)cs1)C(=O)O. The number of carbonyl (C=O) groups is 2. The van der Waals surface area contributed by atoms with E-state index in [-0.39, 0.29) is 13.1 Å². The van der Waals surface area contributed by atoms with Gasteiger partial charge in [0.2, 0.25) is 0 Å². The zero-order valence-corrected chi connectivity index (χ0v) is 12.9. The molecule has 0 aromatic carbocycles. The van der Waals surface area contributed by atoms with Crippen LogP contribution in [0.5, 0.6) is 0 Å². The zero-order chi connectivity index (χ0) is 15.4. The summed E-state index contributed by atoms with van der Waals surface area (Å²) < 4.78 is 0. The van der Waals surface area contributed by atoms with Crippen molar-refractivity contribution >= 4 is 39.7 Å². The van der Waals surface area contributed by atoms with E-state index in [2.05, 4.69) is 4.98 Å². The van der Waals surface area contributed by atoms with Crippen molar-refractivity contribution in [3.63, 3.8) is 0 Å². The number of thiophene rings is 1. The second kappa shape index (κ2) is 6.68. The minimum atomic E-state index is -1.01. The van der Waals surface area contributed by atoms with E-state index in [9.17, 15) is 9.59 Å². The van der Waals surface area contributed by atoms with E-state index < -0.39 is 17.9 Å². The highest BCUT2D eigenvalue weighted by molar-refractivity contribution is 7.16. The maximum absolute atomic E-state index is 11.0. The minimum Gasteiger partial charge on any atom is -0.481 e. The topological polar surface area (TPSA) is 90.7 Å². The normalized spacial score (nSPS) is 12.0. The third-order valence-corrected chi connectivity index (χ3v) is 4.57. The molecule has 0 saturated heterocycles. The van der Waals surface area contributed by atoms with E-state index in [4.69, 9.17) is 10.2 Å². The van der Waals surface area contributed by atoms with E-state index in [1.807, 2.05) is 22.9 Å². The van der Waals surface area contributed by atoms with Crippen LogP contribution in [0.2, 0.25) is 0 Å². The highest BCUT2D eigenvalue weighted by Gasteiger charge is 2.21. The third kappa shape index (κ3) is 4.02. The fourth-order valence-electron chi connectivity index (χ4n) is 1.73. The summed E-state index contributed by atoms with van der Waals surface area (Å²) in [5.41, 5.74) is 0.781. The molecule has 0 aliphatic carbocycles. The van der Waals surface area contributed by atoms with E-state index >= 15 is 0 Å². The number of nitrogens with zero attached hydrogens (tertiary/aromatic N) is 2. The number of thiazole rings is 1. The molecule has 0 aliphatic heterocycles. The van der Waals surface area contributed by atoms with E-state index in [0.717, 1.165) is 10.6 Å². The van der Waals surface area contributed by atoms with Gasteiger partial charge in [-0.3, -0.25) is 9.59 Å². The Morgan fingerprint density at radius 3 is 2.71 bits per heavy atom. The summed E-state index contributed by atoms with van der Waals surface area (Å²) in [6, 6.07) is 3.85. The number of aliphatic carboxylic acids is 2. The first kappa shape index (κ1) is 15.5. The molecule has 0 bridgehead atoms. The molecule has 0 aliphatic rings. The number of carboxylic acids is 2. The van der Waals surface area contributed by atoms with Crippen molar-refractivity contribution < 1.29 is 19.8 Å². The molecular weight excluding hydrogens is 312 g/mol. The standard InChI is InChI=1S/C13H14N2O4S2/c1-8(12(18)19)5-15(6-11(16)17)13-14-9(7-21-13)10-3-2-4-20-10/h2-4,7-8H,5-6H2,1H3,(H,16,17)(H,18,19). The number of rotatable bonds is 7. The average molecular weight is 326 g/mol. The molecule has 21 heavy (non-hydrogen) atoms. The molecule has 112 valence electrons. The van der Waals surface area contributed by atoms with Gasteiger partial charge in [0.1, 0.15) is 6.54 Å². The van der Waals surface area contributed by atoms with Crippen molar-refractivity contribution in [2.24, 2.45) is 5.92 Å². The Bertz CT molecular complexity index is 624. The van der Waals surface area contributed by atoms with Crippen molar-refractivity contribution in [3.8, 4) is 10.6 Å². The molecule has 0 amide bonds. The van der Waals surface area contributed by atoms with Gasteiger partial charge in [-0.25, -0.2) is 4.98 Å². The predicted molar refractivity (Wildman–Crippen MR) is 82.1 cm³/mol. The van der Waals surface area contributed by atoms with Gasteiger partial charge in [0.25, 0.3) is 0 Å². The molecule has 1 unspecified atom stereocenters. The Morgan fingerprint density at radius 1 is 1.38 bits per heavy atom. The molecule has 0 saturated carbocycles. The second-order valence-electron chi connectivity index (χ2n) is 4.51. The average Bonchev–Trinajstić information content (AvgIpc) is 3.08. The third-order valence-electron chi connectivity index (χ3n) is 2.78. The quantitative estimate of drug-likeness (QED) is 0.812. The van der Waals surface area contributed by atoms with Crippen LogP contribution in [-0.4, -0.2) is 40.2 Å². The van der Waals surface area contributed by atoms with Gasteiger partial charge in [0.15, 0.2) is 5.13 Å². The Kier molecular flexibility index (Phi) is 4.92. The zero-order valence-electron chi connectivity index (χ0n) is 11.2. The first-order valence-electron chi connectivity index (χ1n) is 6.16. The largest absolute Gasteiger partial charge is 0.481 e. The van der Waals surface area contributed by atoms with Crippen molar-refractivity contribution in [1.29, 1.82) is 0 Å². The first-order chi connectivity index (χ1) is 9.97. The van der Waals surface area contributed by atoms with Crippen molar-refractivity contribution in [1.82, 2.24) is 4.98 Å². The fourth-order valence-corrected chi connectivity index (χ4v) is 3.33. The van der Waals surface area contributed by atoms with Gasteiger partial charge in [-0.15, -0.1) is 22.7 Å². The lowest BCUT2D eigenvalue weighted by atomic mass is 10.2. The van der Waals surface area contributed by atoms with Gasteiger partial charge in [-0.2, -0.15) is 0 Å². The maximum Gasteiger partial charge on any atom is 0.323 e. The molecule has 2 rings (SSSR count). The summed E-state index contributed by atoms with van der Waals surface area (Å²) in [6.45, 7) is 1.39. The summed E-state index contributed by atoms with van der Waals surface area (Å²) >= 11 is 2.87. The van der Waals surface area contributed by atoms with Crippen LogP contribution in [0, 0.1) is 5.92 Å². The molecule has 0 radical (unpaired) electrons. The van der Waals surface area contributed by atoms with E-state index in [0.29, 0.717) is 5.13 Å². The Hall–Kier alpha value is -1.93. The van der Waals surface area contributed by atoms with Crippen LogP contribution < -0.4 is 4.90 Å².